The van der Waals surface area contributed by atoms with Gasteiger partial charge in [0.05, 0.1) is 5.75 Å². The fourth-order valence-electron chi connectivity index (χ4n) is 0.868. The molecule has 13 heavy (non-hydrogen) atoms. The molecule has 0 radical (unpaired) electrons. The average molecular weight is 204 g/mol. The third-order valence-electron chi connectivity index (χ3n) is 1.43. The van der Waals surface area contributed by atoms with E-state index in [1.807, 2.05) is 0 Å². The van der Waals surface area contributed by atoms with Crippen LogP contribution in [0.2, 0.25) is 0 Å². The zero-order chi connectivity index (χ0) is 10.3. The molecule has 0 fully saturated rings. The second-order valence-corrected chi connectivity index (χ2v) is 4.59. The highest BCUT2D eigenvalue weighted by molar-refractivity contribution is 7.89. The Hall–Kier alpha value is -0.650. The summed E-state index contributed by atoms with van der Waals surface area (Å²) >= 11 is 0. The first-order chi connectivity index (χ1) is 6.08. The Kier molecular flexibility index (Phi) is 5.61. The van der Waals surface area contributed by atoms with Crippen LogP contribution in [0, 0.1) is 0 Å². The molecule has 0 unspecified atom stereocenters. The van der Waals surface area contributed by atoms with Crippen molar-refractivity contribution in [3.8, 4) is 0 Å². The summed E-state index contributed by atoms with van der Waals surface area (Å²) in [6, 6.07) is 0. The summed E-state index contributed by atoms with van der Waals surface area (Å²) in [6.07, 6.45) is 3.08. The normalized spacial score (nSPS) is 11.5. The molecule has 0 amide bonds. The van der Waals surface area contributed by atoms with Crippen molar-refractivity contribution in [2.45, 2.75) is 0 Å². The van der Waals surface area contributed by atoms with E-state index >= 15 is 0 Å². The van der Waals surface area contributed by atoms with Crippen molar-refractivity contribution >= 4 is 10.0 Å². The molecule has 0 bridgehead atoms. The van der Waals surface area contributed by atoms with Gasteiger partial charge in [0.2, 0.25) is 10.0 Å². The van der Waals surface area contributed by atoms with E-state index in [2.05, 4.69) is 13.2 Å². The summed E-state index contributed by atoms with van der Waals surface area (Å²) in [6.45, 7) is 7.70. The van der Waals surface area contributed by atoms with Gasteiger partial charge in [0.1, 0.15) is 0 Å². The molecule has 0 spiro atoms. The van der Waals surface area contributed by atoms with Crippen LogP contribution in [0.1, 0.15) is 0 Å². The minimum Gasteiger partial charge on any atom is -0.329 e. The van der Waals surface area contributed by atoms with Crippen LogP contribution in [0.4, 0.5) is 0 Å². The van der Waals surface area contributed by atoms with Gasteiger partial charge in [-0.1, -0.05) is 12.2 Å². The van der Waals surface area contributed by atoms with E-state index < -0.39 is 10.0 Å². The number of sulfonamides is 1. The lowest BCUT2D eigenvalue weighted by atomic mass is 10.5. The highest BCUT2D eigenvalue weighted by atomic mass is 32.2. The van der Waals surface area contributed by atoms with E-state index in [1.165, 1.54) is 16.5 Å². The molecule has 0 aliphatic carbocycles. The Balaban J connectivity index is 4.50. The quantitative estimate of drug-likeness (QED) is 0.591. The lowest BCUT2D eigenvalue weighted by molar-refractivity contribution is 0.474. The third-order valence-corrected chi connectivity index (χ3v) is 3.27. The Bertz CT molecular complexity index is 249. The second-order valence-electron chi connectivity index (χ2n) is 2.50. The van der Waals surface area contributed by atoms with Crippen LogP contribution in [0.5, 0.6) is 0 Å². The van der Waals surface area contributed by atoms with Crippen LogP contribution >= 0.6 is 0 Å². The van der Waals surface area contributed by atoms with Gasteiger partial charge in [0.15, 0.2) is 0 Å². The molecule has 5 heteroatoms. The van der Waals surface area contributed by atoms with Crippen molar-refractivity contribution in [3.05, 3.63) is 25.3 Å². The van der Waals surface area contributed by atoms with E-state index in [0.29, 0.717) is 13.1 Å². The van der Waals surface area contributed by atoms with Crippen molar-refractivity contribution in [1.82, 2.24) is 4.31 Å². The molecule has 0 aromatic rings. The van der Waals surface area contributed by atoms with Gasteiger partial charge >= 0.3 is 0 Å². The molecule has 0 aromatic heterocycles. The summed E-state index contributed by atoms with van der Waals surface area (Å²) in [7, 11) is -3.23. The van der Waals surface area contributed by atoms with Crippen LogP contribution in [0.3, 0.4) is 0 Å². The van der Waals surface area contributed by atoms with Crippen molar-refractivity contribution in [3.63, 3.8) is 0 Å². The van der Waals surface area contributed by atoms with Gasteiger partial charge < -0.3 is 5.73 Å². The fraction of sp³-hybridized carbons (Fsp3) is 0.500. The molecule has 0 heterocycles. The minimum absolute atomic E-state index is 0.0331. The summed E-state index contributed by atoms with van der Waals surface area (Å²) in [5.41, 5.74) is 5.19. The van der Waals surface area contributed by atoms with Crippen molar-refractivity contribution in [2.75, 3.05) is 25.4 Å². The van der Waals surface area contributed by atoms with Gasteiger partial charge in [-0.05, 0) is 0 Å². The van der Waals surface area contributed by atoms with Crippen LogP contribution in [-0.2, 0) is 10.0 Å². The molecular weight excluding hydrogens is 188 g/mol. The van der Waals surface area contributed by atoms with Crippen LogP contribution in [0.25, 0.3) is 0 Å². The largest absolute Gasteiger partial charge is 0.329 e. The minimum atomic E-state index is -3.23. The maximum absolute atomic E-state index is 11.5. The van der Waals surface area contributed by atoms with E-state index in [4.69, 9.17) is 5.73 Å². The summed E-state index contributed by atoms with van der Waals surface area (Å²) < 4.78 is 24.2. The van der Waals surface area contributed by atoms with E-state index in [0.717, 1.165) is 0 Å². The van der Waals surface area contributed by atoms with Crippen LogP contribution in [0.15, 0.2) is 25.3 Å². The second kappa shape index (κ2) is 5.90. The van der Waals surface area contributed by atoms with E-state index in [9.17, 15) is 8.42 Å². The van der Waals surface area contributed by atoms with Gasteiger partial charge in [0.25, 0.3) is 0 Å². The molecule has 0 saturated heterocycles. The number of hydrogen-bond donors (Lipinski definition) is 1. The first-order valence-electron chi connectivity index (χ1n) is 3.98. The van der Waals surface area contributed by atoms with Crippen molar-refractivity contribution < 1.29 is 8.42 Å². The van der Waals surface area contributed by atoms with Gasteiger partial charge in [-0.2, -0.15) is 4.31 Å². The number of rotatable bonds is 7. The van der Waals surface area contributed by atoms with Crippen LogP contribution in [-0.4, -0.2) is 38.1 Å². The standard InChI is InChI=1S/C8H16N2O2S/c1-3-6-10(7-4-2)13(11,12)8-5-9/h3-4H,1-2,5-9H2. The molecule has 2 N–H and O–H groups in total. The predicted octanol–water partition coefficient (Wildman–Crippen LogP) is -0.0511. The molecule has 0 aliphatic heterocycles. The highest BCUT2D eigenvalue weighted by Gasteiger charge is 2.17. The smallest absolute Gasteiger partial charge is 0.215 e. The number of nitrogens with zero attached hydrogens (tertiary/aromatic N) is 1. The number of hydrogen-bond acceptors (Lipinski definition) is 3. The maximum atomic E-state index is 11.5. The Labute approximate surface area is 79.8 Å². The lowest BCUT2D eigenvalue weighted by Gasteiger charge is -2.18. The summed E-state index contributed by atoms with van der Waals surface area (Å²) in [5, 5.41) is 0. The van der Waals surface area contributed by atoms with Gasteiger partial charge in [0, 0.05) is 19.6 Å². The Morgan fingerprint density at radius 1 is 1.23 bits per heavy atom. The van der Waals surface area contributed by atoms with E-state index in [1.54, 1.807) is 0 Å². The van der Waals surface area contributed by atoms with Gasteiger partial charge in [-0.3, -0.25) is 0 Å². The average Bonchev–Trinajstić information content (AvgIpc) is 2.04. The van der Waals surface area contributed by atoms with Crippen molar-refractivity contribution in [2.24, 2.45) is 5.73 Å². The molecule has 76 valence electrons. The predicted molar refractivity (Wildman–Crippen MR) is 54.8 cm³/mol. The highest BCUT2D eigenvalue weighted by Crippen LogP contribution is 2.00. The first kappa shape index (κ1) is 12.3. The molecule has 0 aromatic carbocycles. The molecular formula is C8H16N2O2S. The fourth-order valence-corrected chi connectivity index (χ4v) is 2.09. The number of nitrogens with two attached hydrogens (primary N) is 1. The van der Waals surface area contributed by atoms with Gasteiger partial charge in [-0.15, -0.1) is 13.2 Å². The zero-order valence-electron chi connectivity index (χ0n) is 7.65. The third kappa shape index (κ3) is 4.21. The maximum Gasteiger partial charge on any atom is 0.215 e. The van der Waals surface area contributed by atoms with Gasteiger partial charge in [-0.25, -0.2) is 8.42 Å². The lowest BCUT2D eigenvalue weighted by Crippen LogP contribution is -2.35. The molecule has 0 aliphatic rings. The summed E-state index contributed by atoms with van der Waals surface area (Å²) in [4.78, 5) is 0. The SMILES string of the molecule is C=CCN(CC=C)S(=O)(=O)CCN. The molecule has 0 rings (SSSR count). The molecule has 4 nitrogen and oxygen atoms in total. The zero-order valence-corrected chi connectivity index (χ0v) is 8.46. The van der Waals surface area contributed by atoms with Crippen LogP contribution < -0.4 is 5.73 Å². The Morgan fingerprint density at radius 2 is 1.69 bits per heavy atom. The van der Waals surface area contributed by atoms with Crippen molar-refractivity contribution in [1.29, 1.82) is 0 Å². The Morgan fingerprint density at radius 3 is 2.00 bits per heavy atom. The molecule has 0 saturated carbocycles. The summed E-state index contributed by atoms with van der Waals surface area (Å²) in [5.74, 6) is -0.0331. The monoisotopic (exact) mass is 204 g/mol. The van der Waals surface area contributed by atoms with E-state index in [-0.39, 0.29) is 12.3 Å². The first-order valence-corrected chi connectivity index (χ1v) is 5.59. The topological polar surface area (TPSA) is 63.4 Å². The molecule has 0 atom stereocenters.